The normalized spacial score (nSPS) is 11.3. The summed E-state index contributed by atoms with van der Waals surface area (Å²) in [5, 5.41) is 11.6. The fourth-order valence-electron chi connectivity index (χ4n) is 3.03. The van der Waals surface area contributed by atoms with Crippen molar-refractivity contribution in [2.75, 3.05) is 11.1 Å². The minimum atomic E-state index is -0.356. The van der Waals surface area contributed by atoms with E-state index in [-0.39, 0.29) is 29.2 Å². The Labute approximate surface area is 193 Å². The summed E-state index contributed by atoms with van der Waals surface area (Å²) in [4.78, 5) is 30.4. The second kappa shape index (κ2) is 9.13. The van der Waals surface area contributed by atoms with Crippen LogP contribution in [0.15, 0.2) is 56.8 Å². The van der Waals surface area contributed by atoms with E-state index in [2.05, 4.69) is 20.5 Å². The van der Waals surface area contributed by atoms with E-state index in [1.807, 2.05) is 45.0 Å². The molecule has 0 bridgehead atoms. The highest BCUT2D eigenvalue weighted by atomic mass is 35.5. The minimum absolute atomic E-state index is 0.0102. The van der Waals surface area contributed by atoms with Gasteiger partial charge in [0, 0.05) is 10.9 Å². The lowest BCUT2D eigenvalue weighted by Gasteiger charge is -2.13. The van der Waals surface area contributed by atoms with Crippen LogP contribution in [-0.4, -0.2) is 31.4 Å². The Morgan fingerprint density at radius 3 is 2.75 bits per heavy atom. The van der Waals surface area contributed by atoms with Crippen molar-refractivity contribution in [3.63, 3.8) is 0 Å². The molecule has 2 aromatic carbocycles. The highest BCUT2D eigenvalue weighted by molar-refractivity contribution is 7.99. The number of aryl methyl sites for hydroxylation is 1. The standard InChI is InChI=1S/C22H20ClN5O3S/c1-12(2)19-26-27-21(31-19)25-18(29)11-32-22-24-17-10-14(23)7-8-16(17)20(30)28(22)15-6-4-5-13(3)9-15/h4-10,12H,11H2,1-3H3,(H,25,27,29). The number of carbonyl (C=O) groups is 1. The molecule has 0 unspecified atom stereocenters. The van der Waals surface area contributed by atoms with Gasteiger partial charge < -0.3 is 4.42 Å². The fraction of sp³-hybridized carbons (Fsp3) is 0.227. The zero-order valence-corrected chi connectivity index (χ0v) is 19.2. The predicted molar refractivity (Wildman–Crippen MR) is 125 cm³/mol. The molecule has 32 heavy (non-hydrogen) atoms. The van der Waals surface area contributed by atoms with E-state index in [1.54, 1.807) is 18.2 Å². The number of nitrogens with one attached hydrogen (secondary N) is 1. The number of thioether (sulfide) groups is 1. The van der Waals surface area contributed by atoms with Crippen molar-refractivity contribution in [1.82, 2.24) is 19.7 Å². The number of halogens is 1. The van der Waals surface area contributed by atoms with E-state index in [1.165, 1.54) is 4.57 Å². The first-order valence-corrected chi connectivity index (χ1v) is 11.2. The first-order chi connectivity index (χ1) is 15.3. The topological polar surface area (TPSA) is 103 Å². The summed E-state index contributed by atoms with van der Waals surface area (Å²) >= 11 is 7.23. The molecule has 0 fully saturated rings. The lowest BCUT2D eigenvalue weighted by molar-refractivity contribution is -0.113. The van der Waals surface area contributed by atoms with Gasteiger partial charge in [0.2, 0.25) is 11.8 Å². The number of carbonyl (C=O) groups excluding carboxylic acids is 1. The Balaban J connectivity index is 1.66. The Morgan fingerprint density at radius 2 is 2.03 bits per heavy atom. The molecule has 0 saturated carbocycles. The van der Waals surface area contributed by atoms with Gasteiger partial charge in [-0.3, -0.25) is 19.5 Å². The van der Waals surface area contributed by atoms with Crippen LogP contribution >= 0.6 is 23.4 Å². The van der Waals surface area contributed by atoms with Crippen LogP contribution < -0.4 is 10.9 Å². The quantitative estimate of drug-likeness (QED) is 0.325. The smallest absolute Gasteiger partial charge is 0.322 e. The van der Waals surface area contributed by atoms with Crippen molar-refractivity contribution >= 4 is 46.2 Å². The third-order valence-corrected chi connectivity index (χ3v) is 5.75. The Morgan fingerprint density at radius 1 is 1.22 bits per heavy atom. The molecule has 0 spiro atoms. The van der Waals surface area contributed by atoms with Crippen molar-refractivity contribution in [3.05, 3.63) is 69.3 Å². The summed E-state index contributed by atoms with van der Waals surface area (Å²) in [6.45, 7) is 5.77. The van der Waals surface area contributed by atoms with Gasteiger partial charge in [-0.1, -0.05) is 54.4 Å². The van der Waals surface area contributed by atoms with Gasteiger partial charge in [0.15, 0.2) is 5.16 Å². The van der Waals surface area contributed by atoms with Crippen molar-refractivity contribution in [2.45, 2.75) is 31.8 Å². The van der Waals surface area contributed by atoms with Crippen LogP contribution in [0.2, 0.25) is 5.02 Å². The van der Waals surface area contributed by atoms with E-state index in [0.717, 1.165) is 17.3 Å². The average molecular weight is 470 g/mol. The molecule has 0 atom stereocenters. The van der Waals surface area contributed by atoms with E-state index in [9.17, 15) is 9.59 Å². The minimum Gasteiger partial charge on any atom is -0.408 e. The third kappa shape index (κ3) is 4.68. The summed E-state index contributed by atoms with van der Waals surface area (Å²) in [7, 11) is 0. The highest BCUT2D eigenvalue weighted by Crippen LogP contribution is 2.24. The van der Waals surface area contributed by atoms with E-state index >= 15 is 0 Å². The van der Waals surface area contributed by atoms with Gasteiger partial charge in [-0.25, -0.2) is 4.98 Å². The largest absolute Gasteiger partial charge is 0.408 e. The molecule has 2 aromatic heterocycles. The van der Waals surface area contributed by atoms with Crippen LogP contribution in [0.3, 0.4) is 0 Å². The summed E-state index contributed by atoms with van der Waals surface area (Å²) in [5.74, 6) is 0.128. The molecule has 164 valence electrons. The number of hydrogen-bond donors (Lipinski definition) is 1. The zero-order valence-electron chi connectivity index (χ0n) is 17.6. The molecule has 8 nitrogen and oxygen atoms in total. The SMILES string of the molecule is Cc1cccc(-n2c(SCC(=O)Nc3nnc(C(C)C)o3)nc3cc(Cl)ccc3c2=O)c1. The Kier molecular flexibility index (Phi) is 6.29. The highest BCUT2D eigenvalue weighted by Gasteiger charge is 2.17. The van der Waals surface area contributed by atoms with E-state index < -0.39 is 0 Å². The van der Waals surface area contributed by atoms with Gasteiger partial charge in [-0.2, -0.15) is 0 Å². The molecule has 10 heteroatoms. The van der Waals surface area contributed by atoms with Crippen LogP contribution in [0.1, 0.15) is 31.2 Å². The Hall–Kier alpha value is -3.17. The lowest BCUT2D eigenvalue weighted by atomic mass is 10.2. The molecule has 1 N–H and O–H groups in total. The van der Waals surface area contributed by atoms with Crippen molar-refractivity contribution in [3.8, 4) is 5.69 Å². The molecule has 0 radical (unpaired) electrons. The second-order valence-corrected chi connectivity index (χ2v) is 8.85. The molecule has 0 aliphatic heterocycles. The maximum absolute atomic E-state index is 13.3. The number of benzene rings is 2. The lowest BCUT2D eigenvalue weighted by Crippen LogP contribution is -2.23. The van der Waals surface area contributed by atoms with Gasteiger partial charge in [0.05, 0.1) is 22.3 Å². The number of hydrogen-bond acceptors (Lipinski definition) is 7. The molecular formula is C22H20ClN5O3S. The van der Waals surface area contributed by atoms with Crippen LogP contribution in [0.5, 0.6) is 0 Å². The van der Waals surface area contributed by atoms with Gasteiger partial charge in [-0.05, 0) is 42.8 Å². The van der Waals surface area contributed by atoms with Gasteiger partial charge >= 0.3 is 6.01 Å². The molecule has 1 amide bonds. The van der Waals surface area contributed by atoms with Gasteiger partial charge in [-0.15, -0.1) is 5.10 Å². The maximum Gasteiger partial charge on any atom is 0.322 e. The summed E-state index contributed by atoms with van der Waals surface area (Å²) < 4.78 is 6.92. The van der Waals surface area contributed by atoms with E-state index in [0.29, 0.717) is 32.7 Å². The number of fused-ring (bicyclic) bond motifs is 1. The monoisotopic (exact) mass is 469 g/mol. The van der Waals surface area contributed by atoms with Gasteiger partial charge in [0.1, 0.15) is 0 Å². The number of amides is 1. The number of nitrogens with zero attached hydrogens (tertiary/aromatic N) is 4. The summed E-state index contributed by atoms with van der Waals surface area (Å²) in [6, 6.07) is 12.5. The van der Waals surface area contributed by atoms with Crippen molar-refractivity contribution < 1.29 is 9.21 Å². The molecule has 0 aliphatic carbocycles. The van der Waals surface area contributed by atoms with Crippen molar-refractivity contribution in [1.29, 1.82) is 0 Å². The van der Waals surface area contributed by atoms with Crippen LogP contribution in [0.4, 0.5) is 6.01 Å². The van der Waals surface area contributed by atoms with Crippen LogP contribution in [0.25, 0.3) is 16.6 Å². The Bertz CT molecular complexity index is 1370. The molecule has 2 heterocycles. The van der Waals surface area contributed by atoms with E-state index in [4.69, 9.17) is 16.0 Å². The molecule has 0 saturated heterocycles. The number of aromatic nitrogens is 4. The van der Waals surface area contributed by atoms with Crippen LogP contribution in [0, 0.1) is 6.92 Å². The maximum atomic E-state index is 13.3. The average Bonchev–Trinajstić information content (AvgIpc) is 3.21. The first kappa shape index (κ1) is 22.0. The van der Waals surface area contributed by atoms with Gasteiger partial charge in [0.25, 0.3) is 5.56 Å². The van der Waals surface area contributed by atoms with Crippen molar-refractivity contribution in [2.24, 2.45) is 0 Å². The molecule has 0 aliphatic rings. The molecule has 4 rings (SSSR count). The second-order valence-electron chi connectivity index (χ2n) is 7.47. The van der Waals surface area contributed by atoms with Crippen LogP contribution in [-0.2, 0) is 4.79 Å². The predicted octanol–water partition coefficient (Wildman–Crippen LogP) is 4.58. The fourth-order valence-corrected chi connectivity index (χ4v) is 4.01. The summed E-state index contributed by atoms with van der Waals surface area (Å²) in [5.41, 5.74) is 1.89. The third-order valence-electron chi connectivity index (χ3n) is 4.57. The number of rotatable bonds is 6. The molecular weight excluding hydrogens is 450 g/mol. The number of anilines is 1. The zero-order chi connectivity index (χ0) is 22.8. The first-order valence-electron chi connectivity index (χ1n) is 9.87. The molecule has 4 aromatic rings. The summed E-state index contributed by atoms with van der Waals surface area (Å²) in [6.07, 6.45) is 0.